The van der Waals surface area contributed by atoms with E-state index in [1.54, 1.807) is 19.1 Å². The average molecular weight is 369 g/mol. The van der Waals surface area contributed by atoms with Crippen molar-refractivity contribution in [1.29, 1.82) is 0 Å². The molecule has 142 valence electrons. The van der Waals surface area contributed by atoms with Gasteiger partial charge in [0.05, 0.1) is 20.8 Å². The zero-order chi connectivity index (χ0) is 18.9. The van der Waals surface area contributed by atoms with Crippen LogP contribution in [0.1, 0.15) is 51.0 Å². The quantitative estimate of drug-likeness (QED) is 0.610. The lowest BCUT2D eigenvalue weighted by Gasteiger charge is -2.28. The third kappa shape index (κ3) is 7.62. The molecule has 5 nitrogen and oxygen atoms in total. The van der Waals surface area contributed by atoms with Crippen LogP contribution >= 0.6 is 9.24 Å². The van der Waals surface area contributed by atoms with E-state index in [-0.39, 0.29) is 16.8 Å². The summed E-state index contributed by atoms with van der Waals surface area (Å²) in [6.07, 6.45) is 7.63. The van der Waals surface area contributed by atoms with Crippen molar-refractivity contribution in [2.75, 3.05) is 20.8 Å². The number of ketones is 1. The Kier molecular flexibility index (Phi) is 9.23. The summed E-state index contributed by atoms with van der Waals surface area (Å²) in [6, 6.07) is 3.50. The fourth-order valence-electron chi connectivity index (χ4n) is 2.86. The standard InChI is InChI=1S/C10H20NOP.C9H12O3/c1-9(12)8-11-10(13)6-4-2-3-5-7-10;1-6-4-7(11-2)9(10)8(5-6)12-3/h11H,2-8,13H2,1H3;4-5,10H,1-3H3. The highest BCUT2D eigenvalue weighted by Crippen LogP contribution is 2.36. The SMILES string of the molecule is CC(=O)CNC1(P)CCCCCC1.COc1cc(C)cc(OC)c1O. The second kappa shape index (κ2) is 10.6. The second-order valence-corrected chi connectivity index (χ2v) is 7.75. The summed E-state index contributed by atoms with van der Waals surface area (Å²) in [5.74, 6) is 1.15. The zero-order valence-electron chi connectivity index (χ0n) is 15.9. The van der Waals surface area contributed by atoms with Crippen molar-refractivity contribution < 1.29 is 19.4 Å². The van der Waals surface area contributed by atoms with Gasteiger partial charge in [-0.2, -0.15) is 0 Å². The van der Waals surface area contributed by atoms with Gasteiger partial charge in [0.15, 0.2) is 11.5 Å². The van der Waals surface area contributed by atoms with Gasteiger partial charge in [0.25, 0.3) is 0 Å². The molecule has 0 aliphatic heterocycles. The predicted molar refractivity (Wildman–Crippen MR) is 105 cm³/mol. The highest BCUT2D eigenvalue weighted by Gasteiger charge is 2.24. The maximum Gasteiger partial charge on any atom is 0.200 e. The van der Waals surface area contributed by atoms with Gasteiger partial charge in [-0.15, -0.1) is 9.24 Å². The summed E-state index contributed by atoms with van der Waals surface area (Å²) in [5.41, 5.74) is 0.988. The number of Topliss-reactive ketones (excluding diaryl/α,β-unsaturated/α-hetero) is 1. The third-order valence-electron chi connectivity index (χ3n) is 4.31. The Hall–Kier alpha value is -1.32. The Morgan fingerprint density at radius 2 is 1.64 bits per heavy atom. The molecule has 0 spiro atoms. The van der Waals surface area contributed by atoms with E-state index in [0.29, 0.717) is 18.0 Å². The molecule has 0 amide bonds. The minimum absolute atomic E-state index is 0.0469. The normalized spacial score (nSPS) is 16.2. The number of phenolic OH excluding ortho intramolecular Hbond substituents is 1. The Labute approximate surface area is 153 Å². The molecule has 1 saturated carbocycles. The van der Waals surface area contributed by atoms with E-state index < -0.39 is 0 Å². The Bertz CT molecular complexity index is 529. The largest absolute Gasteiger partial charge is 0.502 e. The van der Waals surface area contributed by atoms with Crippen molar-refractivity contribution in [3.8, 4) is 17.2 Å². The van der Waals surface area contributed by atoms with E-state index >= 15 is 0 Å². The first-order chi connectivity index (χ1) is 11.8. The summed E-state index contributed by atoms with van der Waals surface area (Å²) in [5, 5.41) is 13.0. The average Bonchev–Trinajstić information content (AvgIpc) is 2.80. The molecular formula is C19H32NO4P. The number of phenols is 1. The van der Waals surface area contributed by atoms with Crippen LogP contribution in [0, 0.1) is 6.92 Å². The molecule has 1 unspecified atom stereocenters. The van der Waals surface area contributed by atoms with Gasteiger partial charge in [-0.3, -0.25) is 4.79 Å². The van der Waals surface area contributed by atoms with Crippen LogP contribution in [-0.4, -0.2) is 36.9 Å². The predicted octanol–water partition coefficient (Wildman–Crippen LogP) is 3.81. The van der Waals surface area contributed by atoms with Crippen LogP contribution in [0.15, 0.2) is 12.1 Å². The summed E-state index contributed by atoms with van der Waals surface area (Å²) in [4.78, 5) is 10.8. The van der Waals surface area contributed by atoms with Gasteiger partial charge < -0.3 is 19.9 Å². The molecule has 1 aromatic carbocycles. The van der Waals surface area contributed by atoms with Gasteiger partial charge in [0, 0.05) is 5.28 Å². The van der Waals surface area contributed by atoms with Gasteiger partial charge in [0.2, 0.25) is 5.75 Å². The zero-order valence-corrected chi connectivity index (χ0v) is 17.0. The lowest BCUT2D eigenvalue weighted by atomic mass is 10.1. The monoisotopic (exact) mass is 369 g/mol. The summed E-state index contributed by atoms with van der Waals surface area (Å²) >= 11 is 0. The summed E-state index contributed by atoms with van der Waals surface area (Å²) in [6.45, 7) is 4.06. The molecule has 6 heteroatoms. The molecule has 25 heavy (non-hydrogen) atoms. The molecular weight excluding hydrogens is 337 g/mol. The second-order valence-electron chi connectivity index (χ2n) is 6.64. The number of carbonyl (C=O) groups is 1. The number of rotatable bonds is 5. The van der Waals surface area contributed by atoms with Crippen LogP contribution in [0.25, 0.3) is 0 Å². The third-order valence-corrected chi connectivity index (χ3v) is 5.09. The van der Waals surface area contributed by atoms with Crippen molar-refractivity contribution in [3.63, 3.8) is 0 Å². The molecule has 1 fully saturated rings. The molecule has 0 radical (unpaired) electrons. The number of hydrogen-bond donors (Lipinski definition) is 2. The molecule has 0 saturated heterocycles. The highest BCUT2D eigenvalue weighted by atomic mass is 31.0. The first-order valence-electron chi connectivity index (χ1n) is 8.76. The van der Waals surface area contributed by atoms with E-state index in [2.05, 4.69) is 14.6 Å². The Morgan fingerprint density at radius 1 is 1.16 bits per heavy atom. The lowest BCUT2D eigenvalue weighted by Crippen LogP contribution is -2.41. The van der Waals surface area contributed by atoms with Crippen LogP contribution in [0.3, 0.4) is 0 Å². The van der Waals surface area contributed by atoms with Gasteiger partial charge in [-0.25, -0.2) is 0 Å². The number of aromatic hydroxyl groups is 1. The van der Waals surface area contributed by atoms with Crippen LogP contribution in [0.2, 0.25) is 0 Å². The van der Waals surface area contributed by atoms with E-state index in [0.717, 1.165) is 5.56 Å². The van der Waals surface area contributed by atoms with Gasteiger partial charge in [-0.05, 0) is 44.4 Å². The number of nitrogens with one attached hydrogen (secondary N) is 1. The Morgan fingerprint density at radius 3 is 2.04 bits per heavy atom. The Balaban J connectivity index is 0.000000251. The fraction of sp³-hybridized carbons (Fsp3) is 0.632. The van der Waals surface area contributed by atoms with Crippen LogP contribution in [0.5, 0.6) is 17.2 Å². The minimum atomic E-state index is 0.0469. The van der Waals surface area contributed by atoms with E-state index in [1.165, 1.54) is 52.7 Å². The van der Waals surface area contributed by atoms with Gasteiger partial charge in [0.1, 0.15) is 5.78 Å². The summed E-state index contributed by atoms with van der Waals surface area (Å²) < 4.78 is 9.88. The summed E-state index contributed by atoms with van der Waals surface area (Å²) in [7, 11) is 5.92. The first kappa shape index (κ1) is 21.7. The molecule has 2 rings (SSSR count). The van der Waals surface area contributed by atoms with E-state index in [9.17, 15) is 9.90 Å². The molecule has 1 atom stereocenters. The lowest BCUT2D eigenvalue weighted by molar-refractivity contribution is -0.116. The van der Waals surface area contributed by atoms with Crippen LogP contribution in [-0.2, 0) is 4.79 Å². The van der Waals surface area contributed by atoms with Crippen LogP contribution in [0.4, 0.5) is 0 Å². The molecule has 1 aliphatic carbocycles. The molecule has 1 aromatic rings. The topological polar surface area (TPSA) is 67.8 Å². The number of aryl methyl sites for hydroxylation is 1. The van der Waals surface area contributed by atoms with E-state index in [1.807, 2.05) is 6.92 Å². The van der Waals surface area contributed by atoms with Crippen LogP contribution < -0.4 is 14.8 Å². The van der Waals surface area contributed by atoms with Crippen molar-refractivity contribution in [2.45, 2.75) is 57.7 Å². The molecule has 2 N–H and O–H groups in total. The minimum Gasteiger partial charge on any atom is -0.502 e. The maximum atomic E-state index is 10.8. The van der Waals surface area contributed by atoms with Crippen molar-refractivity contribution >= 4 is 15.0 Å². The maximum absolute atomic E-state index is 10.8. The van der Waals surface area contributed by atoms with Gasteiger partial charge in [-0.1, -0.05) is 25.7 Å². The molecule has 0 aromatic heterocycles. The first-order valence-corrected chi connectivity index (χ1v) is 9.34. The van der Waals surface area contributed by atoms with Crippen molar-refractivity contribution in [1.82, 2.24) is 5.32 Å². The molecule has 0 bridgehead atoms. The number of hydrogen-bond acceptors (Lipinski definition) is 5. The number of carbonyl (C=O) groups excluding carboxylic acids is 1. The molecule has 1 aliphatic rings. The highest BCUT2D eigenvalue weighted by molar-refractivity contribution is 7.18. The fourth-order valence-corrected chi connectivity index (χ4v) is 3.37. The van der Waals surface area contributed by atoms with Gasteiger partial charge >= 0.3 is 0 Å². The van der Waals surface area contributed by atoms with Crippen molar-refractivity contribution in [2.24, 2.45) is 0 Å². The number of ether oxygens (including phenoxy) is 2. The smallest absolute Gasteiger partial charge is 0.200 e. The number of methoxy groups -OCH3 is 2. The van der Waals surface area contributed by atoms with Crippen molar-refractivity contribution in [3.05, 3.63) is 17.7 Å². The number of benzene rings is 1. The molecule has 0 heterocycles. The van der Waals surface area contributed by atoms with E-state index in [4.69, 9.17) is 9.47 Å².